The zero-order valence-electron chi connectivity index (χ0n) is 13.5. The zero-order chi connectivity index (χ0) is 17.6. The standard InChI is InChI=1S/C14H19N5O3S2/c1-18(2)13-7-5-12(6-8-13)16-17-14-19(11-15-23-14)9-3-4-10-24(20,21)22/h5-8,11H,3-4,9-10H2,1-2H3/p+1. The molecule has 1 N–H and O–H groups in total. The lowest BCUT2D eigenvalue weighted by Gasteiger charge is -2.11. The molecule has 1 aromatic carbocycles. The van der Waals surface area contributed by atoms with Crippen LogP contribution in [0.2, 0.25) is 0 Å². The summed E-state index contributed by atoms with van der Waals surface area (Å²) in [4.78, 5) is 2.00. The third-order valence-electron chi connectivity index (χ3n) is 3.24. The largest absolute Gasteiger partial charge is 0.378 e. The summed E-state index contributed by atoms with van der Waals surface area (Å²) in [6.45, 7) is 0.569. The van der Waals surface area contributed by atoms with Crippen LogP contribution in [0.3, 0.4) is 0 Å². The molecule has 0 spiro atoms. The molecule has 0 aliphatic carbocycles. The van der Waals surface area contributed by atoms with Crippen molar-refractivity contribution in [2.75, 3.05) is 24.7 Å². The first-order valence-electron chi connectivity index (χ1n) is 7.33. The molecule has 10 heteroatoms. The predicted molar refractivity (Wildman–Crippen MR) is 92.9 cm³/mol. The Morgan fingerprint density at radius 2 is 1.92 bits per heavy atom. The van der Waals surface area contributed by atoms with E-state index in [1.807, 2.05) is 47.8 Å². The highest BCUT2D eigenvalue weighted by atomic mass is 32.2. The number of hydrogen-bond donors (Lipinski definition) is 1. The Hall–Kier alpha value is -1.91. The Bertz CT molecular complexity index is 785. The zero-order valence-corrected chi connectivity index (χ0v) is 15.2. The molecular weight excluding hydrogens is 350 g/mol. The van der Waals surface area contributed by atoms with Gasteiger partial charge in [-0.05, 0) is 41.5 Å². The highest BCUT2D eigenvalue weighted by Gasteiger charge is 2.12. The molecule has 0 radical (unpaired) electrons. The summed E-state index contributed by atoms with van der Waals surface area (Å²) in [6, 6.07) is 7.70. The van der Waals surface area contributed by atoms with Crippen molar-refractivity contribution in [2.45, 2.75) is 19.4 Å². The monoisotopic (exact) mass is 370 g/mol. The van der Waals surface area contributed by atoms with Gasteiger partial charge >= 0.3 is 5.13 Å². The molecule has 8 nitrogen and oxygen atoms in total. The van der Waals surface area contributed by atoms with Gasteiger partial charge in [0.05, 0.1) is 12.3 Å². The number of benzene rings is 1. The number of azo groups is 1. The van der Waals surface area contributed by atoms with E-state index in [1.165, 1.54) is 11.5 Å². The molecule has 2 aromatic rings. The van der Waals surface area contributed by atoms with E-state index in [9.17, 15) is 8.42 Å². The number of aryl methyl sites for hydroxylation is 1. The van der Waals surface area contributed by atoms with Crippen molar-refractivity contribution in [2.24, 2.45) is 10.2 Å². The maximum Gasteiger partial charge on any atom is 0.378 e. The van der Waals surface area contributed by atoms with Crippen LogP contribution in [0.25, 0.3) is 0 Å². The topological polar surface area (TPSA) is 99.1 Å². The molecule has 0 saturated heterocycles. The Labute approximate surface area is 145 Å². The number of nitrogens with zero attached hydrogens (tertiary/aromatic N) is 5. The lowest BCUT2D eigenvalue weighted by molar-refractivity contribution is -0.682. The molecule has 0 aliphatic heterocycles. The summed E-state index contributed by atoms with van der Waals surface area (Å²) >= 11 is 1.22. The van der Waals surface area contributed by atoms with Gasteiger partial charge in [0.15, 0.2) is 0 Å². The van der Waals surface area contributed by atoms with Crippen molar-refractivity contribution in [3.8, 4) is 0 Å². The second-order valence-electron chi connectivity index (χ2n) is 5.39. The van der Waals surface area contributed by atoms with E-state index in [4.69, 9.17) is 4.55 Å². The van der Waals surface area contributed by atoms with Crippen molar-refractivity contribution in [1.29, 1.82) is 0 Å². The van der Waals surface area contributed by atoms with Gasteiger partial charge in [-0.3, -0.25) is 4.55 Å². The normalized spacial score (nSPS) is 12.0. The smallest absolute Gasteiger partial charge is 0.378 e. The van der Waals surface area contributed by atoms with Crippen molar-refractivity contribution < 1.29 is 17.5 Å². The first-order valence-corrected chi connectivity index (χ1v) is 9.72. The average Bonchev–Trinajstić information content (AvgIpc) is 2.96. The quantitative estimate of drug-likeness (QED) is 0.333. The number of unbranched alkanes of at least 4 members (excludes halogenated alkanes) is 1. The van der Waals surface area contributed by atoms with Gasteiger partial charge in [-0.15, -0.1) is 0 Å². The lowest BCUT2D eigenvalue weighted by Crippen LogP contribution is -2.31. The first-order chi connectivity index (χ1) is 11.3. The van der Waals surface area contributed by atoms with Crippen LogP contribution in [0.4, 0.5) is 16.5 Å². The van der Waals surface area contributed by atoms with Crippen LogP contribution in [0, 0.1) is 0 Å². The second-order valence-corrected chi connectivity index (χ2v) is 7.72. The molecular formula is C14H20N5O3S2+. The Kier molecular flexibility index (Phi) is 6.35. The molecule has 0 aliphatic rings. The third kappa shape index (κ3) is 5.95. The molecule has 24 heavy (non-hydrogen) atoms. The number of anilines is 1. The summed E-state index contributed by atoms with van der Waals surface area (Å²) < 4.78 is 36.0. The molecule has 0 atom stereocenters. The van der Waals surface area contributed by atoms with Crippen LogP contribution in [0.15, 0.2) is 40.8 Å². The molecule has 1 aromatic heterocycles. The van der Waals surface area contributed by atoms with E-state index in [1.54, 1.807) is 6.33 Å². The minimum atomic E-state index is -3.90. The summed E-state index contributed by atoms with van der Waals surface area (Å²) in [7, 11) is 0.0431. The average molecular weight is 370 g/mol. The van der Waals surface area contributed by atoms with Gasteiger partial charge in [0.1, 0.15) is 17.2 Å². The van der Waals surface area contributed by atoms with Crippen molar-refractivity contribution in [3.05, 3.63) is 30.6 Å². The van der Waals surface area contributed by atoms with Crippen molar-refractivity contribution in [3.63, 3.8) is 0 Å². The second kappa shape index (κ2) is 8.27. The number of rotatable bonds is 8. The Balaban J connectivity index is 1.94. The van der Waals surface area contributed by atoms with Crippen LogP contribution in [-0.4, -0.2) is 37.2 Å². The van der Waals surface area contributed by atoms with E-state index in [0.717, 1.165) is 11.4 Å². The summed E-state index contributed by atoms with van der Waals surface area (Å²) in [6.07, 6.45) is 2.62. The van der Waals surface area contributed by atoms with Gasteiger partial charge in [0.25, 0.3) is 10.1 Å². The Morgan fingerprint density at radius 1 is 1.21 bits per heavy atom. The van der Waals surface area contributed by atoms with E-state index in [-0.39, 0.29) is 5.75 Å². The lowest BCUT2D eigenvalue weighted by atomic mass is 10.3. The van der Waals surface area contributed by atoms with Gasteiger partial charge in [0.2, 0.25) is 6.33 Å². The predicted octanol–water partition coefficient (Wildman–Crippen LogP) is 2.58. The van der Waals surface area contributed by atoms with Gasteiger partial charge in [-0.1, -0.05) is 5.11 Å². The molecule has 0 bridgehead atoms. The number of hydrogen-bond acceptors (Lipinski definition) is 7. The number of aromatic nitrogens is 2. The summed E-state index contributed by atoms with van der Waals surface area (Å²) in [5.41, 5.74) is 1.83. The summed E-state index contributed by atoms with van der Waals surface area (Å²) in [5, 5.41) is 9.04. The maximum atomic E-state index is 10.7. The molecule has 130 valence electrons. The van der Waals surface area contributed by atoms with Crippen molar-refractivity contribution >= 4 is 38.2 Å². The minimum Gasteiger partial charge on any atom is -0.378 e. The van der Waals surface area contributed by atoms with Gasteiger partial charge < -0.3 is 4.90 Å². The van der Waals surface area contributed by atoms with E-state index < -0.39 is 10.1 Å². The van der Waals surface area contributed by atoms with Crippen LogP contribution < -0.4 is 9.47 Å². The fourth-order valence-corrected chi connectivity index (χ4v) is 3.09. The van der Waals surface area contributed by atoms with Gasteiger partial charge in [-0.2, -0.15) is 8.42 Å². The molecule has 1 heterocycles. The first kappa shape index (κ1) is 18.4. The van der Waals surface area contributed by atoms with E-state index in [0.29, 0.717) is 24.5 Å². The molecule has 0 saturated carbocycles. The molecule has 0 amide bonds. The fraction of sp³-hybridized carbons (Fsp3) is 0.429. The molecule has 0 fully saturated rings. The highest BCUT2D eigenvalue weighted by molar-refractivity contribution is 7.85. The van der Waals surface area contributed by atoms with E-state index in [2.05, 4.69) is 14.6 Å². The van der Waals surface area contributed by atoms with Crippen molar-refractivity contribution in [1.82, 2.24) is 4.37 Å². The molecule has 2 rings (SSSR count). The Morgan fingerprint density at radius 3 is 2.54 bits per heavy atom. The van der Waals surface area contributed by atoms with Crippen LogP contribution in [0.5, 0.6) is 0 Å². The van der Waals surface area contributed by atoms with Crippen LogP contribution >= 0.6 is 11.5 Å². The van der Waals surface area contributed by atoms with Gasteiger partial charge in [-0.25, -0.2) is 4.57 Å². The SMILES string of the molecule is CN(C)c1ccc(N=Nc2snc[n+]2CCCCS(=O)(=O)O)cc1. The van der Waals surface area contributed by atoms with Crippen LogP contribution in [-0.2, 0) is 16.7 Å². The van der Waals surface area contributed by atoms with Crippen LogP contribution in [0.1, 0.15) is 12.8 Å². The third-order valence-corrected chi connectivity index (χ3v) is 4.72. The van der Waals surface area contributed by atoms with Gasteiger partial charge in [0, 0.05) is 24.9 Å². The summed E-state index contributed by atoms with van der Waals surface area (Å²) in [5.74, 6) is -0.236. The highest BCUT2D eigenvalue weighted by Crippen LogP contribution is 2.21. The fourth-order valence-electron chi connectivity index (χ4n) is 1.94. The maximum absolute atomic E-state index is 10.7. The molecule has 0 unspecified atom stereocenters. The minimum absolute atomic E-state index is 0.236. The van der Waals surface area contributed by atoms with E-state index >= 15 is 0 Å².